The van der Waals surface area contributed by atoms with Crippen molar-refractivity contribution in [1.29, 1.82) is 0 Å². The molecule has 1 heterocycles. The molecule has 156 valence electrons. The molecular formula is C24H25NO4S. The minimum atomic E-state index is -1.22. The number of nitrogens with zero attached hydrogens (tertiary/aromatic N) is 1. The van der Waals surface area contributed by atoms with Gasteiger partial charge in [-0.3, -0.25) is 9.59 Å². The van der Waals surface area contributed by atoms with Gasteiger partial charge in [0.2, 0.25) is 0 Å². The summed E-state index contributed by atoms with van der Waals surface area (Å²) in [5, 5.41) is 12.6. The van der Waals surface area contributed by atoms with Crippen LogP contribution in [-0.2, 0) is 21.4 Å². The van der Waals surface area contributed by atoms with E-state index in [1.165, 1.54) is 11.3 Å². The second kappa shape index (κ2) is 9.67. The van der Waals surface area contributed by atoms with E-state index in [9.17, 15) is 14.7 Å². The van der Waals surface area contributed by atoms with E-state index in [0.717, 1.165) is 16.3 Å². The van der Waals surface area contributed by atoms with Gasteiger partial charge in [-0.25, -0.2) is 4.98 Å². The largest absolute Gasteiger partial charge is 0.494 e. The van der Waals surface area contributed by atoms with Crippen molar-refractivity contribution in [2.75, 3.05) is 6.61 Å². The molecule has 0 fully saturated rings. The number of Topliss-reactive ketones (excluding diaryl/α,β-unsaturated/α-hetero) is 1. The number of benzene rings is 2. The van der Waals surface area contributed by atoms with Crippen LogP contribution in [0.1, 0.15) is 37.9 Å². The topological polar surface area (TPSA) is 76.5 Å². The Morgan fingerprint density at radius 3 is 2.37 bits per heavy atom. The molecule has 0 saturated carbocycles. The number of carboxylic acid groups (broad SMARTS) is 1. The molecule has 0 amide bonds. The lowest BCUT2D eigenvalue weighted by molar-refractivity contribution is -0.146. The quantitative estimate of drug-likeness (QED) is 0.488. The van der Waals surface area contributed by atoms with E-state index in [-0.39, 0.29) is 18.6 Å². The van der Waals surface area contributed by atoms with Crippen LogP contribution in [0.3, 0.4) is 0 Å². The number of aliphatic carboxylic acids is 1. The molecule has 1 N–H and O–H groups in total. The first-order chi connectivity index (χ1) is 14.5. The van der Waals surface area contributed by atoms with Crippen LogP contribution in [0.4, 0.5) is 0 Å². The van der Waals surface area contributed by atoms with Crippen molar-refractivity contribution in [1.82, 2.24) is 4.98 Å². The number of carboxylic acids is 1. The molecule has 0 saturated heterocycles. The number of carbonyl (C=O) groups is 2. The molecule has 30 heavy (non-hydrogen) atoms. The summed E-state index contributed by atoms with van der Waals surface area (Å²) in [6.07, 6.45) is 0.404. The van der Waals surface area contributed by atoms with Gasteiger partial charge in [-0.1, -0.05) is 37.3 Å². The van der Waals surface area contributed by atoms with Crippen molar-refractivity contribution in [2.24, 2.45) is 0 Å². The SMILES string of the molecule is CCOc1ccc(-c2nc(CC(=O)CC(CC)(C(=O)O)c3ccccc3)cs2)cc1. The Bertz CT molecular complexity index is 998. The number of hydrogen-bond donors (Lipinski definition) is 1. The molecule has 6 heteroatoms. The van der Waals surface area contributed by atoms with Crippen LogP contribution in [0.15, 0.2) is 60.0 Å². The zero-order valence-electron chi connectivity index (χ0n) is 17.1. The van der Waals surface area contributed by atoms with E-state index in [1.54, 1.807) is 31.2 Å². The summed E-state index contributed by atoms with van der Waals surface area (Å²) in [6.45, 7) is 4.36. The first kappa shape index (κ1) is 21.7. The molecule has 5 nitrogen and oxygen atoms in total. The van der Waals surface area contributed by atoms with Crippen LogP contribution in [0.2, 0.25) is 0 Å². The molecular weight excluding hydrogens is 398 g/mol. The van der Waals surface area contributed by atoms with E-state index >= 15 is 0 Å². The van der Waals surface area contributed by atoms with E-state index in [2.05, 4.69) is 4.98 Å². The molecule has 0 aliphatic heterocycles. The monoisotopic (exact) mass is 423 g/mol. The van der Waals surface area contributed by atoms with E-state index in [0.29, 0.717) is 24.3 Å². The number of hydrogen-bond acceptors (Lipinski definition) is 5. The Morgan fingerprint density at radius 1 is 1.07 bits per heavy atom. The molecule has 2 aromatic carbocycles. The third-order valence-corrected chi connectivity index (χ3v) is 6.12. The average Bonchev–Trinajstić information content (AvgIpc) is 3.21. The van der Waals surface area contributed by atoms with E-state index < -0.39 is 11.4 Å². The van der Waals surface area contributed by atoms with Gasteiger partial charge in [0.25, 0.3) is 0 Å². The van der Waals surface area contributed by atoms with Gasteiger partial charge in [0.15, 0.2) is 0 Å². The van der Waals surface area contributed by atoms with Crippen LogP contribution in [0, 0.1) is 0 Å². The van der Waals surface area contributed by atoms with Crippen LogP contribution >= 0.6 is 11.3 Å². The maximum absolute atomic E-state index is 12.8. The van der Waals surface area contributed by atoms with Gasteiger partial charge in [-0.05, 0) is 43.2 Å². The van der Waals surface area contributed by atoms with Gasteiger partial charge in [-0.15, -0.1) is 11.3 Å². The Balaban J connectivity index is 1.73. The maximum atomic E-state index is 12.8. The van der Waals surface area contributed by atoms with Gasteiger partial charge < -0.3 is 9.84 Å². The maximum Gasteiger partial charge on any atom is 0.314 e. The second-order valence-corrected chi connectivity index (χ2v) is 7.96. The zero-order chi connectivity index (χ0) is 21.6. The van der Waals surface area contributed by atoms with Crippen LogP contribution < -0.4 is 4.74 Å². The van der Waals surface area contributed by atoms with E-state index in [4.69, 9.17) is 4.74 Å². The minimum absolute atomic E-state index is 0.0568. The van der Waals surface area contributed by atoms with Crippen molar-refractivity contribution >= 4 is 23.1 Å². The van der Waals surface area contributed by atoms with Gasteiger partial charge in [0.05, 0.1) is 17.7 Å². The van der Waals surface area contributed by atoms with Gasteiger partial charge in [0, 0.05) is 23.8 Å². The van der Waals surface area contributed by atoms with Crippen LogP contribution in [0.5, 0.6) is 5.75 Å². The molecule has 1 unspecified atom stereocenters. The third kappa shape index (κ3) is 4.76. The second-order valence-electron chi connectivity index (χ2n) is 7.10. The Kier molecular flexibility index (Phi) is 7.00. The minimum Gasteiger partial charge on any atom is -0.494 e. The lowest BCUT2D eigenvalue weighted by Gasteiger charge is -2.28. The molecule has 0 bridgehead atoms. The number of rotatable bonds is 10. The van der Waals surface area contributed by atoms with Gasteiger partial charge >= 0.3 is 5.97 Å². The summed E-state index contributed by atoms with van der Waals surface area (Å²) in [5.74, 6) is -0.303. The summed E-state index contributed by atoms with van der Waals surface area (Å²) in [6, 6.07) is 16.7. The highest BCUT2D eigenvalue weighted by Crippen LogP contribution is 2.33. The lowest BCUT2D eigenvalue weighted by atomic mass is 9.74. The molecule has 0 spiro atoms. The van der Waals surface area contributed by atoms with Crippen molar-refractivity contribution in [3.8, 4) is 16.3 Å². The fourth-order valence-electron chi connectivity index (χ4n) is 3.52. The summed E-state index contributed by atoms with van der Waals surface area (Å²) in [5.41, 5.74) is 1.06. The number of carbonyl (C=O) groups excluding carboxylic acids is 1. The Hall–Kier alpha value is -2.99. The van der Waals surface area contributed by atoms with Gasteiger partial charge in [0.1, 0.15) is 16.5 Å². The molecule has 3 rings (SSSR count). The molecule has 3 aromatic rings. The predicted octanol–water partition coefficient (Wildman–Crippen LogP) is 5.14. The van der Waals surface area contributed by atoms with E-state index in [1.807, 2.05) is 42.6 Å². The fraction of sp³-hybridized carbons (Fsp3) is 0.292. The van der Waals surface area contributed by atoms with Crippen LogP contribution in [-0.4, -0.2) is 28.4 Å². The van der Waals surface area contributed by atoms with Crippen molar-refractivity contribution in [3.05, 3.63) is 71.2 Å². The normalized spacial score (nSPS) is 12.9. The highest BCUT2D eigenvalue weighted by molar-refractivity contribution is 7.13. The molecule has 1 aromatic heterocycles. The summed E-state index contributed by atoms with van der Waals surface area (Å²) in [7, 11) is 0. The Morgan fingerprint density at radius 2 is 1.77 bits per heavy atom. The summed E-state index contributed by atoms with van der Waals surface area (Å²) in [4.78, 5) is 29.5. The highest BCUT2D eigenvalue weighted by Gasteiger charge is 2.40. The number of aromatic nitrogens is 1. The fourth-order valence-corrected chi connectivity index (χ4v) is 4.35. The summed E-state index contributed by atoms with van der Waals surface area (Å²) < 4.78 is 5.46. The van der Waals surface area contributed by atoms with Gasteiger partial charge in [-0.2, -0.15) is 0 Å². The standard InChI is InChI=1S/C24H25NO4S/c1-3-24(23(27)28,18-8-6-5-7-9-18)15-20(26)14-19-16-30-22(25-19)17-10-12-21(13-11-17)29-4-2/h5-13,16H,3-4,14-15H2,1-2H3,(H,27,28). The van der Waals surface area contributed by atoms with Crippen LogP contribution in [0.25, 0.3) is 10.6 Å². The number of ketones is 1. The third-order valence-electron chi connectivity index (χ3n) is 5.18. The highest BCUT2D eigenvalue weighted by atomic mass is 32.1. The predicted molar refractivity (Wildman–Crippen MR) is 118 cm³/mol. The average molecular weight is 424 g/mol. The molecule has 0 aliphatic rings. The smallest absolute Gasteiger partial charge is 0.314 e. The first-order valence-electron chi connectivity index (χ1n) is 9.96. The number of thiazole rings is 1. The molecule has 0 aliphatic carbocycles. The van der Waals surface area contributed by atoms with Crippen molar-refractivity contribution in [2.45, 2.75) is 38.5 Å². The van der Waals surface area contributed by atoms with Crippen molar-refractivity contribution < 1.29 is 19.4 Å². The first-order valence-corrected chi connectivity index (χ1v) is 10.8. The van der Waals surface area contributed by atoms with Crippen molar-refractivity contribution in [3.63, 3.8) is 0 Å². The lowest BCUT2D eigenvalue weighted by Crippen LogP contribution is -2.38. The summed E-state index contributed by atoms with van der Waals surface area (Å²) >= 11 is 1.47. The number of ether oxygens (including phenoxy) is 1. The molecule has 0 radical (unpaired) electrons. The Labute approximate surface area is 180 Å². The molecule has 1 atom stereocenters. The zero-order valence-corrected chi connectivity index (χ0v) is 17.9.